The lowest BCUT2D eigenvalue weighted by Gasteiger charge is -2.23. The number of hydrogen-bond acceptors (Lipinski definition) is 1. The molecule has 0 fully saturated rings. The van der Waals surface area contributed by atoms with Crippen LogP contribution in [0.2, 0.25) is 5.02 Å². The van der Waals surface area contributed by atoms with E-state index < -0.39 is 5.41 Å². The zero-order valence-electron chi connectivity index (χ0n) is 10.9. The summed E-state index contributed by atoms with van der Waals surface area (Å²) in [6.07, 6.45) is 1.90. The lowest BCUT2D eigenvalue weighted by Crippen LogP contribution is -2.24. The van der Waals surface area contributed by atoms with Gasteiger partial charge in [0, 0.05) is 10.6 Å². The summed E-state index contributed by atoms with van der Waals surface area (Å²) in [4.78, 5) is 0. The van der Waals surface area contributed by atoms with Crippen LogP contribution in [0, 0.1) is 17.1 Å². The van der Waals surface area contributed by atoms with Crippen molar-refractivity contribution in [3.8, 4) is 6.07 Å². The Morgan fingerprint density at radius 3 is 2.75 bits per heavy atom. The molecule has 0 radical (unpaired) electrons. The van der Waals surface area contributed by atoms with Gasteiger partial charge in [0.15, 0.2) is 0 Å². The minimum Gasteiger partial charge on any atom is -0.207 e. The molecule has 20 heavy (non-hydrogen) atoms. The number of nitriles is 1. The maximum atomic E-state index is 14.0. The first-order valence-electron chi connectivity index (χ1n) is 6.59. The van der Waals surface area contributed by atoms with Gasteiger partial charge < -0.3 is 0 Å². The molecule has 0 N–H and O–H groups in total. The van der Waals surface area contributed by atoms with E-state index in [0.717, 1.165) is 12.0 Å². The van der Waals surface area contributed by atoms with Crippen molar-refractivity contribution in [1.29, 1.82) is 5.26 Å². The Bertz CT molecular complexity index is 684. The second kappa shape index (κ2) is 4.92. The normalized spacial score (nSPS) is 20.4. The maximum absolute atomic E-state index is 14.0. The molecule has 0 bridgehead atoms. The van der Waals surface area contributed by atoms with Gasteiger partial charge in [0.05, 0.1) is 11.5 Å². The van der Waals surface area contributed by atoms with Crippen LogP contribution in [-0.2, 0) is 18.3 Å². The maximum Gasteiger partial charge on any atom is 0.127 e. The molecule has 0 amide bonds. The molecular weight excluding hydrogens is 273 g/mol. The van der Waals surface area contributed by atoms with E-state index in [1.807, 2.05) is 24.3 Å². The smallest absolute Gasteiger partial charge is 0.127 e. The molecule has 1 aliphatic carbocycles. The van der Waals surface area contributed by atoms with Crippen LogP contribution < -0.4 is 0 Å². The van der Waals surface area contributed by atoms with Crippen molar-refractivity contribution in [2.45, 2.75) is 24.7 Å². The number of aryl methyl sites for hydroxylation is 1. The molecule has 1 atom stereocenters. The minimum absolute atomic E-state index is 0.325. The number of rotatable bonds is 2. The van der Waals surface area contributed by atoms with Gasteiger partial charge >= 0.3 is 0 Å². The first kappa shape index (κ1) is 13.1. The Hall–Kier alpha value is -1.85. The summed E-state index contributed by atoms with van der Waals surface area (Å²) in [6.45, 7) is 0. The highest BCUT2D eigenvalue weighted by molar-refractivity contribution is 6.31. The third-order valence-electron chi connectivity index (χ3n) is 4.11. The highest BCUT2D eigenvalue weighted by Crippen LogP contribution is 2.42. The molecule has 0 aromatic heterocycles. The van der Waals surface area contributed by atoms with Gasteiger partial charge in [-0.2, -0.15) is 5.26 Å². The van der Waals surface area contributed by atoms with Crippen LogP contribution in [0.3, 0.4) is 0 Å². The number of fused-ring (bicyclic) bond motifs is 1. The molecule has 0 heterocycles. The SMILES string of the molecule is N#CC1(Cc2c(F)cccc2Cl)CCc2ccccc21. The molecule has 2 aromatic carbocycles. The quantitative estimate of drug-likeness (QED) is 0.801. The first-order chi connectivity index (χ1) is 9.66. The molecule has 1 unspecified atom stereocenters. The molecule has 1 aliphatic rings. The topological polar surface area (TPSA) is 23.8 Å². The van der Waals surface area contributed by atoms with E-state index in [0.29, 0.717) is 23.4 Å². The van der Waals surface area contributed by atoms with E-state index >= 15 is 0 Å². The van der Waals surface area contributed by atoms with Gasteiger partial charge in [0.2, 0.25) is 0 Å². The first-order valence-corrected chi connectivity index (χ1v) is 6.97. The molecule has 1 nitrogen and oxygen atoms in total. The van der Waals surface area contributed by atoms with Crippen molar-refractivity contribution in [3.63, 3.8) is 0 Å². The van der Waals surface area contributed by atoms with Crippen molar-refractivity contribution in [2.24, 2.45) is 0 Å². The summed E-state index contributed by atoms with van der Waals surface area (Å²) in [5.74, 6) is -0.337. The molecule has 3 heteroatoms. The zero-order valence-corrected chi connectivity index (χ0v) is 11.6. The molecule has 3 rings (SSSR count). The zero-order chi connectivity index (χ0) is 14.2. The van der Waals surface area contributed by atoms with Crippen LogP contribution in [0.25, 0.3) is 0 Å². The van der Waals surface area contributed by atoms with Gasteiger partial charge in [0.1, 0.15) is 5.82 Å². The van der Waals surface area contributed by atoms with Crippen LogP contribution in [0.1, 0.15) is 23.1 Å². The van der Waals surface area contributed by atoms with Gasteiger partial charge in [-0.25, -0.2) is 4.39 Å². The number of hydrogen-bond donors (Lipinski definition) is 0. The molecule has 2 aromatic rings. The summed E-state index contributed by atoms with van der Waals surface area (Å²) in [5, 5.41) is 10.1. The average Bonchev–Trinajstić information content (AvgIpc) is 2.83. The van der Waals surface area contributed by atoms with E-state index in [1.54, 1.807) is 12.1 Å². The summed E-state index contributed by atoms with van der Waals surface area (Å²) in [6, 6.07) is 15.0. The highest BCUT2D eigenvalue weighted by Gasteiger charge is 2.39. The average molecular weight is 286 g/mol. The van der Waals surface area contributed by atoms with Gasteiger partial charge in [-0.15, -0.1) is 0 Å². The van der Waals surface area contributed by atoms with E-state index in [-0.39, 0.29) is 5.82 Å². The van der Waals surface area contributed by atoms with Gasteiger partial charge in [-0.3, -0.25) is 0 Å². The van der Waals surface area contributed by atoms with Crippen LogP contribution in [-0.4, -0.2) is 0 Å². The monoisotopic (exact) mass is 285 g/mol. The fourth-order valence-electron chi connectivity index (χ4n) is 3.03. The van der Waals surface area contributed by atoms with Crippen molar-refractivity contribution in [1.82, 2.24) is 0 Å². The lowest BCUT2D eigenvalue weighted by atomic mass is 9.78. The fraction of sp³-hybridized carbons (Fsp3) is 0.235. The van der Waals surface area contributed by atoms with Crippen LogP contribution in [0.4, 0.5) is 4.39 Å². The largest absolute Gasteiger partial charge is 0.207 e. The standard InChI is InChI=1S/C17H13ClFN/c18-15-6-3-7-16(19)13(15)10-17(11-20)9-8-12-4-1-2-5-14(12)17/h1-7H,8-10H2. The van der Waals surface area contributed by atoms with E-state index in [4.69, 9.17) is 11.6 Å². The van der Waals surface area contributed by atoms with E-state index in [1.165, 1.54) is 11.6 Å². The van der Waals surface area contributed by atoms with Gasteiger partial charge in [0.25, 0.3) is 0 Å². The van der Waals surface area contributed by atoms with Crippen LogP contribution in [0.5, 0.6) is 0 Å². The van der Waals surface area contributed by atoms with E-state index in [9.17, 15) is 9.65 Å². The summed E-state index contributed by atoms with van der Waals surface area (Å²) in [5.41, 5.74) is 1.97. The third kappa shape index (κ3) is 1.99. The molecule has 0 aliphatic heterocycles. The number of nitrogens with zero attached hydrogens (tertiary/aromatic N) is 1. The van der Waals surface area contributed by atoms with Crippen molar-refractivity contribution < 1.29 is 4.39 Å². The molecule has 0 saturated heterocycles. The predicted octanol–water partition coefficient (Wildman–Crippen LogP) is 4.43. The Morgan fingerprint density at radius 1 is 1.20 bits per heavy atom. The summed E-state index contributed by atoms with van der Waals surface area (Å²) < 4.78 is 14.0. The second-order valence-corrected chi connectivity index (χ2v) is 5.64. The molecule has 0 saturated carbocycles. The number of halogens is 2. The molecule has 100 valence electrons. The third-order valence-corrected chi connectivity index (χ3v) is 4.46. The summed E-state index contributed by atoms with van der Waals surface area (Å²) >= 11 is 6.10. The molecule has 0 spiro atoms. The minimum atomic E-state index is -0.664. The van der Waals surface area contributed by atoms with Crippen molar-refractivity contribution in [3.05, 3.63) is 70.0 Å². The Labute approximate surface area is 122 Å². The van der Waals surface area contributed by atoms with Gasteiger partial charge in [-0.05, 0) is 42.5 Å². The Morgan fingerprint density at radius 2 is 2.00 bits per heavy atom. The summed E-state index contributed by atoms with van der Waals surface area (Å²) in [7, 11) is 0. The predicted molar refractivity (Wildman–Crippen MR) is 77.2 cm³/mol. The lowest BCUT2D eigenvalue weighted by molar-refractivity contribution is 0.517. The van der Waals surface area contributed by atoms with Crippen LogP contribution >= 0.6 is 11.6 Å². The van der Waals surface area contributed by atoms with Crippen molar-refractivity contribution in [2.75, 3.05) is 0 Å². The second-order valence-electron chi connectivity index (χ2n) is 5.23. The molecular formula is C17H13ClFN. The Kier molecular flexibility index (Phi) is 3.23. The Balaban J connectivity index is 2.07. The fourth-order valence-corrected chi connectivity index (χ4v) is 3.26. The number of benzene rings is 2. The van der Waals surface area contributed by atoms with Crippen molar-refractivity contribution >= 4 is 11.6 Å². The van der Waals surface area contributed by atoms with Crippen LogP contribution in [0.15, 0.2) is 42.5 Å². The van der Waals surface area contributed by atoms with E-state index in [2.05, 4.69) is 6.07 Å². The highest BCUT2D eigenvalue weighted by atomic mass is 35.5. The van der Waals surface area contributed by atoms with Gasteiger partial charge in [-0.1, -0.05) is 41.9 Å².